The van der Waals surface area contributed by atoms with Crippen molar-refractivity contribution in [2.75, 3.05) is 7.11 Å². The average molecular weight is 243 g/mol. The summed E-state index contributed by atoms with van der Waals surface area (Å²) in [6, 6.07) is -0.367. The van der Waals surface area contributed by atoms with E-state index in [1.54, 1.807) is 21.0 Å². The van der Waals surface area contributed by atoms with Crippen molar-refractivity contribution in [3.63, 3.8) is 0 Å². The summed E-state index contributed by atoms with van der Waals surface area (Å²) in [5, 5.41) is 11.5. The first-order valence-corrected chi connectivity index (χ1v) is 5.97. The monoisotopic (exact) mass is 243 g/mol. The van der Waals surface area contributed by atoms with Gasteiger partial charge in [-0.15, -0.1) is 0 Å². The molecule has 0 spiro atoms. The number of rotatable bonds is 6. The van der Waals surface area contributed by atoms with Crippen LogP contribution in [-0.2, 0) is 14.3 Å². The van der Waals surface area contributed by atoms with Gasteiger partial charge in [-0.05, 0) is 33.1 Å². The largest absolute Gasteiger partial charge is 0.481 e. The highest BCUT2D eigenvalue weighted by molar-refractivity contribution is 5.79. The minimum atomic E-state index is -0.900. The lowest BCUT2D eigenvalue weighted by molar-refractivity contribution is -0.142. The Morgan fingerprint density at radius 3 is 2.35 bits per heavy atom. The molecule has 0 heterocycles. The highest BCUT2D eigenvalue weighted by Crippen LogP contribution is 2.37. The lowest BCUT2D eigenvalue weighted by Crippen LogP contribution is -2.47. The zero-order valence-electron chi connectivity index (χ0n) is 10.7. The molecule has 1 aliphatic rings. The van der Waals surface area contributed by atoms with Crippen LogP contribution in [0.2, 0.25) is 0 Å². The summed E-state index contributed by atoms with van der Waals surface area (Å²) in [5.41, 5.74) is -0.309. The molecule has 98 valence electrons. The number of carbonyl (C=O) groups excluding carboxylic acids is 1. The molecule has 2 atom stereocenters. The van der Waals surface area contributed by atoms with Gasteiger partial charge in [0.05, 0.1) is 17.9 Å². The van der Waals surface area contributed by atoms with E-state index in [-0.39, 0.29) is 17.6 Å². The zero-order chi connectivity index (χ0) is 13.1. The van der Waals surface area contributed by atoms with Crippen LogP contribution in [0, 0.1) is 5.92 Å². The van der Waals surface area contributed by atoms with E-state index in [0.29, 0.717) is 6.42 Å². The fourth-order valence-corrected chi connectivity index (χ4v) is 1.96. The predicted molar refractivity (Wildman–Crippen MR) is 62.6 cm³/mol. The van der Waals surface area contributed by atoms with Gasteiger partial charge in [-0.3, -0.25) is 9.59 Å². The predicted octanol–water partition coefficient (Wildman–Crippen LogP) is 1.17. The molecule has 0 radical (unpaired) electrons. The second-order valence-electron chi connectivity index (χ2n) is 4.90. The van der Waals surface area contributed by atoms with Crippen LogP contribution >= 0.6 is 0 Å². The van der Waals surface area contributed by atoms with E-state index >= 15 is 0 Å². The van der Waals surface area contributed by atoms with Gasteiger partial charge in [0.15, 0.2) is 0 Å². The summed E-state index contributed by atoms with van der Waals surface area (Å²) in [6.45, 7) is 3.29. The summed E-state index contributed by atoms with van der Waals surface area (Å²) in [4.78, 5) is 22.5. The summed E-state index contributed by atoms with van der Waals surface area (Å²) in [5.74, 6) is -1.62. The normalized spacial score (nSPS) is 21.1. The lowest BCUT2D eigenvalue weighted by atomic mass is 9.77. The third-order valence-corrected chi connectivity index (χ3v) is 3.71. The van der Waals surface area contributed by atoms with Crippen molar-refractivity contribution in [1.82, 2.24) is 5.32 Å². The number of hydrogen-bond donors (Lipinski definition) is 2. The molecule has 1 amide bonds. The molecule has 1 aliphatic carbocycles. The average Bonchev–Trinajstić information content (AvgIpc) is 2.22. The standard InChI is InChI=1S/C12H21NO4/c1-8(11(15)16)9(2)13-10(14)7-12(17-3)5-4-6-12/h8-9H,4-7H2,1-3H3,(H,13,14)(H,15,16). The number of carbonyl (C=O) groups is 2. The van der Waals surface area contributed by atoms with Crippen molar-refractivity contribution in [3.05, 3.63) is 0 Å². The van der Waals surface area contributed by atoms with Gasteiger partial charge in [0, 0.05) is 13.2 Å². The first-order valence-electron chi connectivity index (χ1n) is 5.97. The van der Waals surface area contributed by atoms with Crippen molar-refractivity contribution in [3.8, 4) is 0 Å². The highest BCUT2D eigenvalue weighted by atomic mass is 16.5. The van der Waals surface area contributed by atoms with Crippen molar-refractivity contribution in [1.29, 1.82) is 0 Å². The van der Waals surface area contributed by atoms with E-state index in [4.69, 9.17) is 9.84 Å². The minimum Gasteiger partial charge on any atom is -0.481 e. The SMILES string of the molecule is COC1(CC(=O)NC(C)C(C)C(=O)O)CCC1. The molecule has 0 aromatic carbocycles. The summed E-state index contributed by atoms with van der Waals surface area (Å²) in [7, 11) is 1.62. The van der Waals surface area contributed by atoms with E-state index in [2.05, 4.69) is 5.32 Å². The number of ether oxygens (including phenoxy) is 1. The van der Waals surface area contributed by atoms with Gasteiger partial charge in [-0.25, -0.2) is 0 Å². The van der Waals surface area contributed by atoms with Crippen molar-refractivity contribution in [2.45, 2.75) is 51.2 Å². The van der Waals surface area contributed by atoms with Crippen LogP contribution in [0.4, 0.5) is 0 Å². The minimum absolute atomic E-state index is 0.132. The van der Waals surface area contributed by atoms with Crippen LogP contribution in [0.25, 0.3) is 0 Å². The van der Waals surface area contributed by atoms with Crippen LogP contribution in [0.15, 0.2) is 0 Å². The number of amides is 1. The fourth-order valence-electron chi connectivity index (χ4n) is 1.96. The Kier molecular flexibility index (Phi) is 4.51. The van der Waals surface area contributed by atoms with Crippen LogP contribution in [0.5, 0.6) is 0 Å². The molecule has 0 bridgehead atoms. The molecule has 5 nitrogen and oxygen atoms in total. The Morgan fingerprint density at radius 2 is 2.00 bits per heavy atom. The van der Waals surface area contributed by atoms with Gasteiger partial charge >= 0.3 is 5.97 Å². The number of aliphatic carboxylic acids is 1. The Balaban J connectivity index is 2.41. The van der Waals surface area contributed by atoms with Crippen LogP contribution in [-0.4, -0.2) is 35.7 Å². The Bertz CT molecular complexity index is 293. The molecule has 17 heavy (non-hydrogen) atoms. The molecule has 2 unspecified atom stereocenters. The van der Waals surface area contributed by atoms with Gasteiger partial charge < -0.3 is 15.2 Å². The second kappa shape index (κ2) is 5.49. The van der Waals surface area contributed by atoms with E-state index in [0.717, 1.165) is 19.3 Å². The number of carboxylic acids is 1. The number of methoxy groups -OCH3 is 1. The Morgan fingerprint density at radius 1 is 1.41 bits per heavy atom. The highest BCUT2D eigenvalue weighted by Gasteiger charge is 2.39. The molecule has 0 saturated heterocycles. The smallest absolute Gasteiger partial charge is 0.308 e. The van der Waals surface area contributed by atoms with Gasteiger partial charge in [-0.1, -0.05) is 0 Å². The van der Waals surface area contributed by atoms with Crippen LogP contribution < -0.4 is 5.32 Å². The van der Waals surface area contributed by atoms with E-state index in [1.807, 2.05) is 0 Å². The summed E-state index contributed by atoms with van der Waals surface area (Å²) >= 11 is 0. The Hall–Kier alpha value is -1.10. The fraction of sp³-hybridized carbons (Fsp3) is 0.833. The van der Waals surface area contributed by atoms with Crippen LogP contribution in [0.1, 0.15) is 39.5 Å². The maximum atomic E-state index is 11.8. The third-order valence-electron chi connectivity index (χ3n) is 3.71. The molecule has 1 rings (SSSR count). The van der Waals surface area contributed by atoms with Gasteiger partial charge in [0.25, 0.3) is 0 Å². The van der Waals surface area contributed by atoms with Gasteiger partial charge in [0.2, 0.25) is 5.91 Å². The van der Waals surface area contributed by atoms with Crippen molar-refractivity contribution < 1.29 is 19.4 Å². The van der Waals surface area contributed by atoms with Crippen molar-refractivity contribution >= 4 is 11.9 Å². The first kappa shape index (κ1) is 14.0. The summed E-state index contributed by atoms with van der Waals surface area (Å²) in [6.07, 6.45) is 3.21. The molecule has 1 fully saturated rings. The number of hydrogen-bond acceptors (Lipinski definition) is 3. The molecule has 1 saturated carbocycles. The topological polar surface area (TPSA) is 75.6 Å². The lowest BCUT2D eigenvalue weighted by Gasteiger charge is -2.40. The molecule has 0 aromatic rings. The number of carboxylic acid groups (broad SMARTS) is 1. The second-order valence-corrected chi connectivity index (χ2v) is 4.90. The maximum absolute atomic E-state index is 11.8. The first-order chi connectivity index (χ1) is 7.90. The van der Waals surface area contributed by atoms with Crippen LogP contribution in [0.3, 0.4) is 0 Å². The quantitative estimate of drug-likeness (QED) is 0.734. The zero-order valence-corrected chi connectivity index (χ0v) is 10.7. The van der Waals surface area contributed by atoms with E-state index < -0.39 is 11.9 Å². The van der Waals surface area contributed by atoms with Crippen molar-refractivity contribution in [2.24, 2.45) is 5.92 Å². The molecule has 5 heteroatoms. The Labute approximate surface area is 102 Å². The molecular weight excluding hydrogens is 222 g/mol. The van der Waals surface area contributed by atoms with Gasteiger partial charge in [0.1, 0.15) is 0 Å². The van der Waals surface area contributed by atoms with Gasteiger partial charge in [-0.2, -0.15) is 0 Å². The summed E-state index contributed by atoms with van der Waals surface area (Å²) < 4.78 is 5.36. The van der Waals surface area contributed by atoms with E-state index in [1.165, 1.54) is 0 Å². The molecule has 0 aromatic heterocycles. The molecule has 0 aliphatic heterocycles. The number of nitrogens with one attached hydrogen (secondary N) is 1. The molecular formula is C12H21NO4. The maximum Gasteiger partial charge on any atom is 0.308 e. The molecule has 2 N–H and O–H groups in total. The van der Waals surface area contributed by atoms with E-state index in [9.17, 15) is 9.59 Å². The third kappa shape index (κ3) is 3.43.